The maximum atomic E-state index is 12.9. The monoisotopic (exact) mass is 380 g/mol. The fourth-order valence-electron chi connectivity index (χ4n) is 3.62. The Kier molecular flexibility index (Phi) is 6.86. The standard InChI is InChI=1S/C20H32N2O3S/c1-14(2)19(15(3)4)21-20(23)17-7-6-12-22(13-17)26(24,25)18-10-8-16(5)9-11-18/h8-11,14-15,17,19H,6-7,12-13H2,1-5H3,(H,21,23)/t17-/m0/s1. The number of nitrogens with one attached hydrogen (secondary N) is 1. The molecule has 1 aromatic carbocycles. The predicted molar refractivity (Wildman–Crippen MR) is 104 cm³/mol. The second kappa shape index (κ2) is 8.53. The highest BCUT2D eigenvalue weighted by molar-refractivity contribution is 7.89. The molecule has 2 rings (SSSR count). The first-order chi connectivity index (χ1) is 12.1. The molecule has 0 saturated carbocycles. The van der Waals surface area contributed by atoms with Gasteiger partial charge >= 0.3 is 0 Å². The topological polar surface area (TPSA) is 66.5 Å². The summed E-state index contributed by atoms with van der Waals surface area (Å²) in [5.41, 5.74) is 1.02. The molecule has 1 saturated heterocycles. The lowest BCUT2D eigenvalue weighted by Crippen LogP contribution is -2.49. The lowest BCUT2D eigenvalue weighted by molar-refractivity contribution is -0.127. The van der Waals surface area contributed by atoms with Crippen LogP contribution < -0.4 is 5.32 Å². The number of hydrogen-bond donors (Lipinski definition) is 1. The van der Waals surface area contributed by atoms with Crippen LogP contribution in [0.5, 0.6) is 0 Å². The number of carbonyl (C=O) groups is 1. The zero-order chi connectivity index (χ0) is 19.5. The maximum Gasteiger partial charge on any atom is 0.243 e. The number of sulfonamides is 1. The van der Waals surface area contributed by atoms with E-state index in [0.29, 0.717) is 29.7 Å². The van der Waals surface area contributed by atoms with Gasteiger partial charge in [-0.2, -0.15) is 4.31 Å². The Morgan fingerprint density at radius 3 is 2.23 bits per heavy atom. The first-order valence-corrected chi connectivity index (χ1v) is 10.9. The van der Waals surface area contributed by atoms with Crippen molar-refractivity contribution in [2.45, 2.75) is 58.4 Å². The Labute approximate surface area is 158 Å². The summed E-state index contributed by atoms with van der Waals surface area (Å²) in [6.45, 7) is 11.0. The van der Waals surface area contributed by atoms with Crippen LogP contribution in [0.25, 0.3) is 0 Å². The second-order valence-corrected chi connectivity index (χ2v) is 9.98. The minimum Gasteiger partial charge on any atom is -0.353 e. The number of rotatable bonds is 6. The number of piperidine rings is 1. The Morgan fingerprint density at radius 2 is 1.69 bits per heavy atom. The Morgan fingerprint density at radius 1 is 1.12 bits per heavy atom. The fourth-order valence-corrected chi connectivity index (χ4v) is 5.14. The summed E-state index contributed by atoms with van der Waals surface area (Å²) in [6.07, 6.45) is 1.44. The summed E-state index contributed by atoms with van der Waals surface area (Å²) < 4.78 is 27.3. The summed E-state index contributed by atoms with van der Waals surface area (Å²) in [4.78, 5) is 13.0. The predicted octanol–water partition coefficient (Wildman–Crippen LogP) is 3.19. The van der Waals surface area contributed by atoms with E-state index in [-0.39, 0.29) is 24.4 Å². The summed E-state index contributed by atoms with van der Waals surface area (Å²) in [5, 5.41) is 3.14. The third-order valence-electron chi connectivity index (χ3n) is 5.16. The van der Waals surface area contributed by atoms with Crippen molar-refractivity contribution in [3.63, 3.8) is 0 Å². The zero-order valence-corrected chi connectivity index (χ0v) is 17.3. The highest BCUT2D eigenvalue weighted by atomic mass is 32.2. The molecule has 146 valence electrons. The van der Waals surface area contributed by atoms with Gasteiger partial charge in [-0.1, -0.05) is 45.4 Å². The van der Waals surface area contributed by atoms with Crippen molar-refractivity contribution in [1.29, 1.82) is 0 Å². The fraction of sp³-hybridized carbons (Fsp3) is 0.650. The van der Waals surface area contributed by atoms with Gasteiger partial charge in [0.2, 0.25) is 15.9 Å². The van der Waals surface area contributed by atoms with Crippen molar-refractivity contribution in [3.05, 3.63) is 29.8 Å². The molecule has 0 radical (unpaired) electrons. The molecular weight excluding hydrogens is 348 g/mol. The van der Waals surface area contributed by atoms with E-state index in [1.54, 1.807) is 24.3 Å². The van der Waals surface area contributed by atoms with E-state index < -0.39 is 10.0 Å². The lowest BCUT2D eigenvalue weighted by atomic mass is 9.91. The highest BCUT2D eigenvalue weighted by Gasteiger charge is 2.34. The molecule has 0 spiro atoms. The Balaban J connectivity index is 2.10. The molecule has 26 heavy (non-hydrogen) atoms. The van der Waals surface area contributed by atoms with Crippen molar-refractivity contribution < 1.29 is 13.2 Å². The van der Waals surface area contributed by atoms with Crippen LogP contribution in [0.4, 0.5) is 0 Å². The molecule has 1 aliphatic rings. The van der Waals surface area contributed by atoms with E-state index in [9.17, 15) is 13.2 Å². The van der Waals surface area contributed by atoms with Gasteiger partial charge in [0.25, 0.3) is 0 Å². The molecule has 1 atom stereocenters. The normalized spacial score (nSPS) is 19.3. The lowest BCUT2D eigenvalue weighted by Gasteiger charge is -2.33. The van der Waals surface area contributed by atoms with E-state index >= 15 is 0 Å². The van der Waals surface area contributed by atoms with Crippen LogP contribution in [-0.4, -0.2) is 37.8 Å². The molecule has 1 heterocycles. The molecule has 1 N–H and O–H groups in total. The summed E-state index contributed by atoms with van der Waals surface area (Å²) in [6, 6.07) is 6.99. The molecule has 6 heteroatoms. The molecule has 0 unspecified atom stereocenters. The minimum atomic E-state index is -3.55. The molecule has 1 fully saturated rings. The molecular formula is C20H32N2O3S. The van der Waals surface area contributed by atoms with Crippen LogP contribution in [0.1, 0.15) is 46.1 Å². The Bertz CT molecular complexity index is 703. The van der Waals surface area contributed by atoms with Crippen LogP contribution in [0, 0.1) is 24.7 Å². The number of carbonyl (C=O) groups excluding carboxylic acids is 1. The third-order valence-corrected chi connectivity index (χ3v) is 7.04. The van der Waals surface area contributed by atoms with Crippen molar-refractivity contribution in [2.75, 3.05) is 13.1 Å². The largest absolute Gasteiger partial charge is 0.353 e. The van der Waals surface area contributed by atoms with Gasteiger partial charge in [-0.15, -0.1) is 0 Å². The molecule has 1 amide bonds. The van der Waals surface area contributed by atoms with Gasteiger partial charge in [-0.3, -0.25) is 4.79 Å². The number of nitrogens with zero attached hydrogens (tertiary/aromatic N) is 1. The molecule has 5 nitrogen and oxygen atoms in total. The van der Waals surface area contributed by atoms with Crippen LogP contribution in [0.15, 0.2) is 29.2 Å². The van der Waals surface area contributed by atoms with Crippen molar-refractivity contribution in [3.8, 4) is 0 Å². The first kappa shape index (κ1) is 20.9. The Hall–Kier alpha value is -1.40. The number of aryl methyl sites for hydroxylation is 1. The molecule has 0 aliphatic carbocycles. The average molecular weight is 381 g/mol. The van der Waals surface area contributed by atoms with Gasteiger partial charge in [0, 0.05) is 19.1 Å². The molecule has 0 bridgehead atoms. The van der Waals surface area contributed by atoms with E-state index in [0.717, 1.165) is 12.0 Å². The van der Waals surface area contributed by atoms with Crippen molar-refractivity contribution >= 4 is 15.9 Å². The van der Waals surface area contributed by atoms with Gasteiger partial charge < -0.3 is 5.32 Å². The van der Waals surface area contributed by atoms with Gasteiger partial charge in [0.1, 0.15) is 0 Å². The zero-order valence-electron chi connectivity index (χ0n) is 16.5. The van der Waals surface area contributed by atoms with Crippen LogP contribution in [0.3, 0.4) is 0 Å². The van der Waals surface area contributed by atoms with Crippen LogP contribution in [-0.2, 0) is 14.8 Å². The van der Waals surface area contributed by atoms with Gasteiger partial charge in [0.15, 0.2) is 0 Å². The number of hydrogen-bond acceptors (Lipinski definition) is 3. The maximum absolute atomic E-state index is 12.9. The SMILES string of the molecule is Cc1ccc(S(=O)(=O)N2CCC[C@H](C(=O)NC(C(C)C)C(C)C)C2)cc1. The van der Waals surface area contributed by atoms with Crippen molar-refractivity contribution in [1.82, 2.24) is 9.62 Å². The molecule has 1 aliphatic heterocycles. The number of benzene rings is 1. The molecule has 1 aromatic rings. The molecule has 0 aromatic heterocycles. The van der Waals surface area contributed by atoms with Crippen LogP contribution in [0.2, 0.25) is 0 Å². The average Bonchev–Trinajstić information content (AvgIpc) is 2.59. The van der Waals surface area contributed by atoms with E-state index in [1.165, 1.54) is 4.31 Å². The first-order valence-electron chi connectivity index (χ1n) is 9.50. The summed E-state index contributed by atoms with van der Waals surface area (Å²) >= 11 is 0. The summed E-state index contributed by atoms with van der Waals surface area (Å²) in [5.74, 6) is 0.370. The second-order valence-electron chi connectivity index (χ2n) is 8.04. The highest BCUT2D eigenvalue weighted by Crippen LogP contribution is 2.25. The summed E-state index contributed by atoms with van der Waals surface area (Å²) in [7, 11) is -3.55. The minimum absolute atomic E-state index is 0.0267. The van der Waals surface area contributed by atoms with Gasteiger partial charge in [-0.05, 0) is 43.7 Å². The van der Waals surface area contributed by atoms with Crippen molar-refractivity contribution in [2.24, 2.45) is 17.8 Å². The van der Waals surface area contributed by atoms with Gasteiger partial charge in [-0.25, -0.2) is 8.42 Å². The van der Waals surface area contributed by atoms with E-state index in [1.807, 2.05) is 6.92 Å². The van der Waals surface area contributed by atoms with Crippen LogP contribution >= 0.6 is 0 Å². The van der Waals surface area contributed by atoms with E-state index in [4.69, 9.17) is 0 Å². The quantitative estimate of drug-likeness (QED) is 0.824. The van der Waals surface area contributed by atoms with E-state index in [2.05, 4.69) is 33.0 Å². The number of amides is 1. The smallest absolute Gasteiger partial charge is 0.243 e. The third kappa shape index (κ3) is 4.86. The van der Waals surface area contributed by atoms with Gasteiger partial charge in [0.05, 0.1) is 10.8 Å².